The maximum atomic E-state index is 10.3. The van der Waals surface area contributed by atoms with Crippen LogP contribution in [0, 0.1) is 6.92 Å². The first kappa shape index (κ1) is 21.7. The van der Waals surface area contributed by atoms with E-state index in [9.17, 15) is 5.11 Å². The summed E-state index contributed by atoms with van der Waals surface area (Å²) in [5, 5.41) is 16.1. The molecule has 0 amide bonds. The second-order valence-corrected chi connectivity index (χ2v) is 11.0. The average molecular weight is 476 g/mol. The van der Waals surface area contributed by atoms with Gasteiger partial charge in [0.2, 0.25) is 0 Å². The van der Waals surface area contributed by atoms with Gasteiger partial charge in [-0.3, -0.25) is 0 Å². The first-order chi connectivity index (χ1) is 17.3. The summed E-state index contributed by atoms with van der Waals surface area (Å²) in [6, 6.07) is 21.0. The molecule has 2 fully saturated rings. The lowest BCUT2D eigenvalue weighted by Crippen LogP contribution is -2.58. The van der Waals surface area contributed by atoms with Crippen LogP contribution in [0.3, 0.4) is 0 Å². The number of hydrogen-bond acceptors (Lipinski definition) is 5. The van der Waals surface area contributed by atoms with E-state index in [1.54, 1.807) is 0 Å². The Bertz CT molecular complexity index is 1620. The quantitative estimate of drug-likeness (QED) is 0.358. The number of rotatable bonds is 4. The summed E-state index contributed by atoms with van der Waals surface area (Å²) in [7, 11) is 0. The highest BCUT2D eigenvalue weighted by atomic mass is 16.3. The van der Waals surface area contributed by atoms with Gasteiger partial charge in [-0.1, -0.05) is 54.6 Å². The fourth-order valence-corrected chi connectivity index (χ4v) is 6.13. The molecule has 180 valence electrons. The van der Waals surface area contributed by atoms with Gasteiger partial charge in [-0.15, -0.1) is 0 Å². The highest BCUT2D eigenvalue weighted by Crippen LogP contribution is 2.50. The van der Waals surface area contributed by atoms with Crippen molar-refractivity contribution in [3.8, 4) is 22.4 Å². The van der Waals surface area contributed by atoms with Crippen molar-refractivity contribution < 1.29 is 5.11 Å². The lowest BCUT2D eigenvalue weighted by atomic mass is 9.63. The van der Waals surface area contributed by atoms with E-state index in [0.717, 1.165) is 44.8 Å². The van der Waals surface area contributed by atoms with Crippen LogP contribution in [-0.4, -0.2) is 30.3 Å². The summed E-state index contributed by atoms with van der Waals surface area (Å²) in [4.78, 5) is 10.0. The smallest absolute Gasteiger partial charge is 0.165 e. The maximum Gasteiger partial charge on any atom is 0.165 e. The van der Waals surface area contributed by atoms with Crippen molar-refractivity contribution in [2.75, 3.05) is 0 Å². The third kappa shape index (κ3) is 3.36. The minimum atomic E-state index is -0.686. The molecule has 0 aliphatic heterocycles. The summed E-state index contributed by atoms with van der Waals surface area (Å²) >= 11 is 0. The van der Waals surface area contributed by atoms with Crippen molar-refractivity contribution in [2.45, 2.75) is 56.6 Å². The monoisotopic (exact) mass is 475 g/mol. The molecule has 3 heterocycles. The van der Waals surface area contributed by atoms with E-state index in [2.05, 4.69) is 54.6 Å². The van der Waals surface area contributed by atoms with E-state index in [4.69, 9.17) is 20.8 Å². The van der Waals surface area contributed by atoms with Gasteiger partial charge in [0.05, 0.1) is 17.0 Å². The van der Waals surface area contributed by atoms with Crippen LogP contribution in [0.5, 0.6) is 0 Å². The van der Waals surface area contributed by atoms with Crippen molar-refractivity contribution in [2.24, 2.45) is 5.73 Å². The van der Waals surface area contributed by atoms with Crippen LogP contribution >= 0.6 is 0 Å². The molecule has 5 aromatic rings. The first-order valence-electron chi connectivity index (χ1n) is 12.7. The second-order valence-electron chi connectivity index (χ2n) is 11.0. The Kier molecular flexibility index (Phi) is 4.48. The molecule has 0 spiro atoms. The molecule has 2 aliphatic rings. The lowest BCUT2D eigenvalue weighted by molar-refractivity contribution is -0.0738. The van der Waals surface area contributed by atoms with Crippen molar-refractivity contribution in [1.29, 1.82) is 0 Å². The maximum absolute atomic E-state index is 10.3. The molecule has 2 saturated carbocycles. The fourth-order valence-electron chi connectivity index (χ4n) is 6.13. The Balaban J connectivity index is 1.48. The summed E-state index contributed by atoms with van der Waals surface area (Å²) in [5.74, 6) is 0.490. The van der Waals surface area contributed by atoms with Crippen LogP contribution in [0.25, 0.3) is 39.1 Å². The topological polar surface area (TPSA) is 89.3 Å². The minimum Gasteiger partial charge on any atom is -0.390 e. The Morgan fingerprint density at radius 1 is 1.00 bits per heavy atom. The second kappa shape index (κ2) is 7.45. The van der Waals surface area contributed by atoms with Gasteiger partial charge in [-0.25, -0.2) is 9.97 Å². The van der Waals surface area contributed by atoms with E-state index in [-0.39, 0.29) is 0 Å². The zero-order valence-corrected chi connectivity index (χ0v) is 20.6. The number of nitrogens with two attached hydrogens (primary N) is 1. The number of aromatic nitrogens is 4. The van der Waals surface area contributed by atoms with Gasteiger partial charge in [0.15, 0.2) is 11.3 Å². The summed E-state index contributed by atoms with van der Waals surface area (Å²) in [6.45, 7) is 3.84. The zero-order valence-electron chi connectivity index (χ0n) is 20.6. The zero-order chi connectivity index (χ0) is 24.7. The molecule has 6 nitrogen and oxygen atoms in total. The Labute approximate surface area is 209 Å². The molecule has 36 heavy (non-hydrogen) atoms. The predicted molar refractivity (Wildman–Crippen MR) is 142 cm³/mol. The van der Waals surface area contributed by atoms with Gasteiger partial charge in [0.25, 0.3) is 0 Å². The van der Waals surface area contributed by atoms with Crippen molar-refractivity contribution in [3.05, 3.63) is 83.7 Å². The Morgan fingerprint density at radius 3 is 2.39 bits per heavy atom. The van der Waals surface area contributed by atoms with Crippen molar-refractivity contribution >= 4 is 16.7 Å². The number of pyridine rings is 1. The number of nitrogens with zero attached hydrogens (tertiary/aromatic N) is 4. The number of benzene rings is 2. The SMILES string of the molecule is Cc1cc2ncc3c(C4CC4)c(-c4ccccc4)c(-c4ccc([C@]5(N)C[C@@](C)(O)C5)cc4)nc3n2n1. The molecule has 7 rings (SSSR count). The van der Waals surface area contributed by atoms with Crippen LogP contribution in [0.4, 0.5) is 0 Å². The molecule has 3 aromatic heterocycles. The Hall–Kier alpha value is -3.61. The van der Waals surface area contributed by atoms with E-state index in [0.29, 0.717) is 18.8 Å². The van der Waals surface area contributed by atoms with Gasteiger partial charge in [0, 0.05) is 34.3 Å². The summed E-state index contributed by atoms with van der Waals surface area (Å²) in [6.07, 6.45) is 5.45. The minimum absolute atomic E-state index is 0.481. The van der Waals surface area contributed by atoms with Crippen LogP contribution in [0.15, 0.2) is 66.9 Å². The largest absolute Gasteiger partial charge is 0.390 e. The molecule has 0 unspecified atom stereocenters. The molecule has 0 radical (unpaired) electrons. The molecule has 0 bridgehead atoms. The first-order valence-corrected chi connectivity index (χ1v) is 12.7. The average Bonchev–Trinajstić information content (AvgIpc) is 3.62. The summed E-state index contributed by atoms with van der Waals surface area (Å²) in [5.41, 5.74) is 14.7. The van der Waals surface area contributed by atoms with E-state index >= 15 is 0 Å². The normalized spacial score (nSPS) is 23.8. The van der Waals surface area contributed by atoms with Gasteiger partial charge in [0.1, 0.15) is 0 Å². The molecule has 0 atom stereocenters. The molecular formula is C30H29N5O. The number of hydrogen-bond donors (Lipinski definition) is 2. The summed E-state index contributed by atoms with van der Waals surface area (Å²) < 4.78 is 1.88. The molecule has 2 aromatic carbocycles. The highest BCUT2D eigenvalue weighted by molar-refractivity contribution is 5.95. The van der Waals surface area contributed by atoms with Gasteiger partial charge < -0.3 is 10.8 Å². The molecule has 2 aliphatic carbocycles. The van der Waals surface area contributed by atoms with E-state index < -0.39 is 11.1 Å². The third-order valence-corrected chi connectivity index (χ3v) is 7.77. The third-order valence-electron chi connectivity index (χ3n) is 7.77. The lowest BCUT2D eigenvalue weighted by Gasteiger charge is -2.49. The molecular weight excluding hydrogens is 446 g/mol. The van der Waals surface area contributed by atoms with Crippen LogP contribution in [0.2, 0.25) is 0 Å². The van der Waals surface area contributed by atoms with E-state index in [1.165, 1.54) is 24.0 Å². The molecule has 6 heteroatoms. The predicted octanol–water partition coefficient (Wildman–Crippen LogP) is 5.50. The van der Waals surface area contributed by atoms with Crippen LogP contribution < -0.4 is 5.73 Å². The van der Waals surface area contributed by atoms with Crippen molar-refractivity contribution in [1.82, 2.24) is 19.6 Å². The van der Waals surface area contributed by atoms with Gasteiger partial charge in [-0.05, 0) is 62.1 Å². The molecule has 3 N–H and O–H groups in total. The van der Waals surface area contributed by atoms with Crippen LogP contribution in [0.1, 0.15) is 55.3 Å². The van der Waals surface area contributed by atoms with E-state index in [1.807, 2.05) is 30.6 Å². The Morgan fingerprint density at radius 2 is 1.72 bits per heavy atom. The molecule has 0 saturated heterocycles. The number of aryl methyl sites for hydroxylation is 1. The highest BCUT2D eigenvalue weighted by Gasteiger charge is 2.49. The number of fused-ring (bicyclic) bond motifs is 3. The van der Waals surface area contributed by atoms with Gasteiger partial charge >= 0.3 is 0 Å². The van der Waals surface area contributed by atoms with Crippen molar-refractivity contribution in [3.63, 3.8) is 0 Å². The van der Waals surface area contributed by atoms with Gasteiger partial charge in [-0.2, -0.15) is 9.61 Å². The van der Waals surface area contributed by atoms with Crippen LogP contribution in [-0.2, 0) is 5.54 Å². The standard InChI is InChI=1S/C30H29N5O/c1-18-14-24-32-15-23-25(20-8-9-20)26(19-6-4-3-5-7-19)27(33-28(23)35(24)34-18)21-10-12-22(13-11-21)30(31)16-29(2,36)17-30/h3-7,10-15,20,36H,8-9,16-17,31H2,1-2H3/t29-,30+. The number of aliphatic hydroxyl groups is 1. The fraction of sp³-hybridized carbons (Fsp3) is 0.300.